The number of hydrogen-bond acceptors (Lipinski definition) is 3. The van der Waals surface area contributed by atoms with Crippen molar-refractivity contribution in [2.24, 2.45) is 0 Å². The Morgan fingerprint density at radius 1 is 0.962 bits per heavy atom. The van der Waals surface area contributed by atoms with E-state index in [-0.39, 0.29) is 0 Å². The van der Waals surface area contributed by atoms with E-state index in [2.05, 4.69) is 11.4 Å². The number of hydrogen-bond donors (Lipinski definition) is 1. The lowest BCUT2D eigenvalue weighted by atomic mass is 10.1. The van der Waals surface area contributed by atoms with E-state index in [4.69, 9.17) is 4.74 Å². The molecule has 0 aliphatic rings. The summed E-state index contributed by atoms with van der Waals surface area (Å²) in [7, 11) is 0. The number of rotatable bonds is 6. The quantitative estimate of drug-likeness (QED) is 0.598. The monoisotopic (exact) mass is 340 g/mol. The summed E-state index contributed by atoms with van der Waals surface area (Å²) in [6.07, 6.45) is 1.83. The van der Waals surface area contributed by atoms with Gasteiger partial charge in [-0.05, 0) is 47.9 Å². The number of aryl methyl sites for hydroxylation is 1. The molecule has 0 saturated heterocycles. The van der Waals surface area contributed by atoms with Gasteiger partial charge in [-0.3, -0.25) is 0 Å². The highest BCUT2D eigenvalue weighted by atomic mass is 16.5. The van der Waals surface area contributed by atoms with Crippen molar-refractivity contribution in [1.29, 1.82) is 5.26 Å². The number of para-hydroxylation sites is 1. The maximum absolute atomic E-state index is 9.40. The van der Waals surface area contributed by atoms with Gasteiger partial charge in [-0.2, -0.15) is 5.26 Å². The Hall–Kier alpha value is -3.51. The number of ether oxygens (including phenoxy) is 1. The summed E-state index contributed by atoms with van der Waals surface area (Å²) in [5, 5.41) is 12.6. The molecule has 0 radical (unpaired) electrons. The van der Waals surface area contributed by atoms with Crippen LogP contribution in [0.4, 0.5) is 5.69 Å². The molecule has 1 N–H and O–H groups in total. The summed E-state index contributed by atoms with van der Waals surface area (Å²) < 4.78 is 5.79. The molecule has 3 rings (SSSR count). The Balaban J connectivity index is 1.66. The molecule has 0 unspecified atom stereocenters. The van der Waals surface area contributed by atoms with Gasteiger partial charge in [-0.25, -0.2) is 0 Å². The van der Waals surface area contributed by atoms with E-state index in [1.165, 1.54) is 0 Å². The highest BCUT2D eigenvalue weighted by Crippen LogP contribution is 2.19. The Morgan fingerprint density at radius 2 is 1.65 bits per heavy atom. The molecule has 0 aliphatic carbocycles. The van der Waals surface area contributed by atoms with Gasteiger partial charge in [0.2, 0.25) is 0 Å². The Kier molecular flexibility index (Phi) is 5.69. The van der Waals surface area contributed by atoms with Gasteiger partial charge in [-0.1, -0.05) is 60.7 Å². The third-order valence-corrected chi connectivity index (χ3v) is 3.97. The molecular formula is C23H20N2O. The minimum absolute atomic E-state index is 0.497. The molecule has 26 heavy (non-hydrogen) atoms. The molecular weight excluding hydrogens is 320 g/mol. The second kappa shape index (κ2) is 8.55. The standard InChI is InChI=1S/C23H20N2O/c1-18-7-5-6-10-23(18)25-21(16-24)15-19-11-13-22(14-12-19)26-17-20-8-3-2-4-9-20/h2-15,25H,17H2,1H3. The fourth-order valence-electron chi connectivity index (χ4n) is 2.52. The Labute approximate surface area is 154 Å². The average molecular weight is 340 g/mol. The van der Waals surface area contributed by atoms with Crippen molar-refractivity contribution in [2.45, 2.75) is 13.5 Å². The number of allylic oxidation sites excluding steroid dienone is 1. The van der Waals surface area contributed by atoms with Crippen molar-refractivity contribution in [3.63, 3.8) is 0 Å². The Bertz CT molecular complexity index is 922. The molecule has 3 aromatic rings. The SMILES string of the molecule is Cc1ccccc1NC(C#N)=Cc1ccc(OCc2ccccc2)cc1. The molecule has 0 amide bonds. The fraction of sp³-hybridized carbons (Fsp3) is 0.0870. The molecule has 0 spiro atoms. The van der Waals surface area contributed by atoms with Crippen molar-refractivity contribution < 1.29 is 4.74 Å². The van der Waals surface area contributed by atoms with Crippen molar-refractivity contribution in [2.75, 3.05) is 5.32 Å². The predicted molar refractivity (Wildman–Crippen MR) is 106 cm³/mol. The lowest BCUT2D eigenvalue weighted by Crippen LogP contribution is -1.99. The first-order valence-electron chi connectivity index (χ1n) is 8.46. The molecule has 3 nitrogen and oxygen atoms in total. The van der Waals surface area contributed by atoms with E-state index < -0.39 is 0 Å². The first-order chi connectivity index (χ1) is 12.7. The third-order valence-electron chi connectivity index (χ3n) is 3.97. The van der Waals surface area contributed by atoms with Gasteiger partial charge >= 0.3 is 0 Å². The number of nitrogens with one attached hydrogen (secondary N) is 1. The van der Waals surface area contributed by atoms with Gasteiger partial charge in [0.15, 0.2) is 0 Å². The summed E-state index contributed by atoms with van der Waals surface area (Å²) in [5.41, 5.74) is 4.60. The van der Waals surface area contributed by atoms with Crippen LogP contribution in [0.25, 0.3) is 6.08 Å². The molecule has 0 fully saturated rings. The van der Waals surface area contributed by atoms with Crippen molar-refractivity contribution in [3.05, 3.63) is 101 Å². The van der Waals surface area contributed by atoms with Gasteiger partial charge in [0.05, 0.1) is 0 Å². The molecule has 0 aliphatic heterocycles. The number of benzene rings is 3. The van der Waals surface area contributed by atoms with E-state index in [9.17, 15) is 5.26 Å². The normalized spacial score (nSPS) is 10.8. The largest absolute Gasteiger partial charge is 0.489 e. The van der Waals surface area contributed by atoms with Crippen LogP contribution in [0.2, 0.25) is 0 Å². The zero-order chi connectivity index (χ0) is 18.2. The van der Waals surface area contributed by atoms with Crippen LogP contribution in [-0.4, -0.2) is 0 Å². The number of anilines is 1. The predicted octanol–water partition coefficient (Wildman–Crippen LogP) is 5.55. The zero-order valence-corrected chi connectivity index (χ0v) is 14.6. The second-order valence-corrected chi connectivity index (χ2v) is 5.95. The lowest BCUT2D eigenvalue weighted by molar-refractivity contribution is 0.306. The van der Waals surface area contributed by atoms with Crippen LogP contribution < -0.4 is 10.1 Å². The highest BCUT2D eigenvalue weighted by Gasteiger charge is 2.01. The van der Waals surface area contributed by atoms with Crippen LogP contribution in [-0.2, 0) is 6.61 Å². The summed E-state index contributed by atoms with van der Waals surface area (Å²) in [6, 6.07) is 27.9. The third kappa shape index (κ3) is 4.75. The van der Waals surface area contributed by atoms with Gasteiger partial charge in [0.25, 0.3) is 0 Å². The molecule has 3 heteroatoms. The van der Waals surface area contributed by atoms with Crippen LogP contribution in [0, 0.1) is 18.3 Å². The minimum atomic E-state index is 0.497. The van der Waals surface area contributed by atoms with E-state index >= 15 is 0 Å². The maximum atomic E-state index is 9.40. The summed E-state index contributed by atoms with van der Waals surface area (Å²) in [4.78, 5) is 0. The van der Waals surface area contributed by atoms with Gasteiger partial charge in [0.1, 0.15) is 24.1 Å². The maximum Gasteiger partial charge on any atom is 0.119 e. The molecule has 0 heterocycles. The second-order valence-electron chi connectivity index (χ2n) is 5.95. The summed E-state index contributed by atoms with van der Waals surface area (Å²) in [5.74, 6) is 0.802. The molecule has 0 aromatic heterocycles. The molecule has 0 atom stereocenters. The first-order valence-corrected chi connectivity index (χ1v) is 8.46. The van der Waals surface area contributed by atoms with Crippen LogP contribution in [0.3, 0.4) is 0 Å². The van der Waals surface area contributed by atoms with E-state index in [0.29, 0.717) is 12.3 Å². The topological polar surface area (TPSA) is 45.0 Å². The summed E-state index contributed by atoms with van der Waals surface area (Å²) in [6.45, 7) is 2.55. The minimum Gasteiger partial charge on any atom is -0.489 e. The molecule has 0 bridgehead atoms. The molecule has 3 aromatic carbocycles. The fourth-order valence-corrected chi connectivity index (χ4v) is 2.52. The van der Waals surface area contributed by atoms with E-state index in [1.54, 1.807) is 0 Å². The van der Waals surface area contributed by atoms with Crippen LogP contribution >= 0.6 is 0 Å². The summed E-state index contributed by atoms with van der Waals surface area (Å²) >= 11 is 0. The van der Waals surface area contributed by atoms with Gasteiger partial charge in [-0.15, -0.1) is 0 Å². The van der Waals surface area contributed by atoms with E-state index in [0.717, 1.165) is 28.1 Å². The number of nitrogens with zero attached hydrogens (tertiary/aromatic N) is 1. The van der Waals surface area contributed by atoms with Crippen LogP contribution in [0.15, 0.2) is 84.6 Å². The van der Waals surface area contributed by atoms with Crippen LogP contribution in [0.1, 0.15) is 16.7 Å². The van der Waals surface area contributed by atoms with Gasteiger partial charge < -0.3 is 10.1 Å². The van der Waals surface area contributed by atoms with Crippen molar-refractivity contribution >= 4 is 11.8 Å². The van der Waals surface area contributed by atoms with Crippen LogP contribution in [0.5, 0.6) is 5.75 Å². The van der Waals surface area contributed by atoms with Crippen molar-refractivity contribution in [1.82, 2.24) is 0 Å². The smallest absolute Gasteiger partial charge is 0.119 e. The Morgan fingerprint density at radius 3 is 2.35 bits per heavy atom. The molecule has 128 valence electrons. The van der Waals surface area contributed by atoms with Crippen molar-refractivity contribution in [3.8, 4) is 11.8 Å². The average Bonchev–Trinajstić information content (AvgIpc) is 2.69. The highest BCUT2D eigenvalue weighted by molar-refractivity contribution is 5.66. The zero-order valence-electron chi connectivity index (χ0n) is 14.6. The van der Waals surface area contributed by atoms with E-state index in [1.807, 2.05) is 91.9 Å². The lowest BCUT2D eigenvalue weighted by Gasteiger charge is -2.08. The van der Waals surface area contributed by atoms with Gasteiger partial charge in [0, 0.05) is 5.69 Å². The molecule has 0 saturated carbocycles. The first kappa shape index (κ1) is 17.3. The number of nitriles is 1.